The van der Waals surface area contributed by atoms with Crippen molar-refractivity contribution in [3.63, 3.8) is 0 Å². The van der Waals surface area contributed by atoms with Crippen LogP contribution in [0.1, 0.15) is 0 Å². The summed E-state index contributed by atoms with van der Waals surface area (Å²) in [5.74, 6) is 3.06. The van der Waals surface area contributed by atoms with Gasteiger partial charge in [-0.3, -0.25) is 4.98 Å². The molecule has 0 atom stereocenters. The summed E-state index contributed by atoms with van der Waals surface area (Å²) in [6.07, 6.45) is 8.81. The van der Waals surface area contributed by atoms with Crippen LogP contribution in [0, 0.1) is 0 Å². The van der Waals surface area contributed by atoms with E-state index in [1.54, 1.807) is 24.8 Å². The van der Waals surface area contributed by atoms with Gasteiger partial charge in [0, 0.05) is 73.0 Å². The van der Waals surface area contributed by atoms with Crippen molar-refractivity contribution in [1.82, 2.24) is 19.5 Å². The second kappa shape index (κ2) is 10.9. The third-order valence-electron chi connectivity index (χ3n) is 6.04. The lowest BCUT2D eigenvalue weighted by Gasteiger charge is -2.26. The quantitative estimate of drug-likeness (QED) is 0.207. The molecule has 190 valence electrons. The molecule has 3 aromatic carbocycles. The first-order chi connectivity index (χ1) is 19.2. The number of ether oxygens (including phenoxy) is 2. The van der Waals surface area contributed by atoms with Crippen molar-refractivity contribution in [1.29, 1.82) is 0 Å². The van der Waals surface area contributed by atoms with Crippen LogP contribution < -0.4 is 14.4 Å². The molecule has 0 saturated carbocycles. The van der Waals surface area contributed by atoms with Gasteiger partial charge in [-0.1, -0.05) is 42.5 Å². The van der Waals surface area contributed by atoms with Gasteiger partial charge in [0.2, 0.25) is 5.88 Å². The molecule has 7 nitrogen and oxygen atoms in total. The summed E-state index contributed by atoms with van der Waals surface area (Å²) in [6.45, 7) is 0. The van der Waals surface area contributed by atoms with Gasteiger partial charge in [0.25, 0.3) is 0 Å². The minimum atomic E-state index is 0.491. The zero-order chi connectivity index (χ0) is 26.4. The summed E-state index contributed by atoms with van der Waals surface area (Å²) >= 11 is 0. The zero-order valence-corrected chi connectivity index (χ0v) is 21.3. The number of rotatable bonds is 8. The van der Waals surface area contributed by atoms with Gasteiger partial charge < -0.3 is 18.9 Å². The summed E-state index contributed by atoms with van der Waals surface area (Å²) in [4.78, 5) is 15.3. The van der Waals surface area contributed by atoms with E-state index in [2.05, 4.69) is 44.1 Å². The largest absolute Gasteiger partial charge is 0.456 e. The van der Waals surface area contributed by atoms with Gasteiger partial charge in [-0.05, 0) is 36.4 Å². The molecule has 6 rings (SSSR count). The Labute approximate surface area is 226 Å². The Hall–Kier alpha value is -5.43. The number of hydrogen-bond donors (Lipinski definition) is 0. The first-order valence-electron chi connectivity index (χ1n) is 12.5. The minimum Gasteiger partial charge on any atom is -0.456 e. The normalized spacial score (nSPS) is 10.7. The number of hydrogen-bond acceptors (Lipinski definition) is 6. The fraction of sp³-hybridized carbons (Fsp3) is 0.0312. The SMILES string of the molecule is Cn1ccnc1-c1cncc(Oc2cc(Oc3ccccn3)cc(N(c3ccccc3)c3ccccc3)c2)c1. The molecular weight excluding hydrogens is 486 g/mol. The van der Waals surface area contributed by atoms with Crippen LogP contribution >= 0.6 is 0 Å². The molecular formula is C32H25N5O2. The highest BCUT2D eigenvalue weighted by atomic mass is 16.5. The Morgan fingerprint density at radius 1 is 0.615 bits per heavy atom. The number of aromatic nitrogens is 4. The summed E-state index contributed by atoms with van der Waals surface area (Å²) in [6, 6.07) is 33.7. The molecule has 3 aromatic heterocycles. The summed E-state index contributed by atoms with van der Waals surface area (Å²) in [5.41, 5.74) is 3.73. The van der Waals surface area contributed by atoms with Crippen molar-refractivity contribution < 1.29 is 9.47 Å². The molecule has 0 aliphatic rings. The number of para-hydroxylation sites is 2. The Bertz CT molecular complexity index is 1630. The van der Waals surface area contributed by atoms with Gasteiger partial charge in [0.05, 0.1) is 11.9 Å². The van der Waals surface area contributed by atoms with Crippen molar-refractivity contribution in [2.45, 2.75) is 0 Å². The molecule has 6 aromatic rings. The molecule has 39 heavy (non-hydrogen) atoms. The van der Waals surface area contributed by atoms with Crippen molar-refractivity contribution in [2.75, 3.05) is 4.90 Å². The lowest BCUT2D eigenvalue weighted by Crippen LogP contribution is -2.10. The smallest absolute Gasteiger partial charge is 0.219 e. The maximum absolute atomic E-state index is 6.37. The predicted octanol–water partition coefficient (Wildman–Crippen LogP) is 7.93. The molecule has 0 spiro atoms. The van der Waals surface area contributed by atoms with E-state index in [1.807, 2.05) is 96.7 Å². The lowest BCUT2D eigenvalue weighted by atomic mass is 10.1. The molecule has 0 radical (unpaired) electrons. The molecule has 0 unspecified atom stereocenters. The summed E-state index contributed by atoms with van der Waals surface area (Å²) in [7, 11) is 1.95. The zero-order valence-electron chi connectivity index (χ0n) is 21.3. The summed E-state index contributed by atoms with van der Waals surface area (Å²) in [5, 5.41) is 0. The van der Waals surface area contributed by atoms with Gasteiger partial charge >= 0.3 is 0 Å². The third-order valence-corrected chi connectivity index (χ3v) is 6.04. The van der Waals surface area contributed by atoms with Crippen LogP contribution in [-0.4, -0.2) is 19.5 Å². The van der Waals surface area contributed by atoms with Gasteiger partial charge in [-0.15, -0.1) is 0 Å². The van der Waals surface area contributed by atoms with Crippen LogP contribution in [0.5, 0.6) is 23.1 Å². The molecule has 0 bridgehead atoms. The standard InChI is InChI=1S/C32H25N5O2/c1-36-17-16-35-32(36)24-18-30(23-33-22-24)38-28-19-27(20-29(21-28)39-31-14-8-9-15-34-31)37(25-10-4-2-5-11-25)26-12-6-3-7-13-26/h2-23H,1H3. The van der Waals surface area contributed by atoms with E-state index in [4.69, 9.17) is 9.47 Å². The van der Waals surface area contributed by atoms with Gasteiger partial charge in [0.15, 0.2) is 0 Å². The van der Waals surface area contributed by atoms with Crippen LogP contribution in [0.4, 0.5) is 17.1 Å². The predicted molar refractivity (Wildman–Crippen MR) is 152 cm³/mol. The van der Waals surface area contributed by atoms with E-state index >= 15 is 0 Å². The number of pyridine rings is 2. The van der Waals surface area contributed by atoms with Gasteiger partial charge in [-0.25, -0.2) is 9.97 Å². The van der Waals surface area contributed by atoms with Crippen LogP contribution in [-0.2, 0) is 7.05 Å². The highest BCUT2D eigenvalue weighted by molar-refractivity contribution is 5.78. The van der Waals surface area contributed by atoms with Gasteiger partial charge in [0.1, 0.15) is 23.1 Å². The van der Waals surface area contributed by atoms with E-state index in [0.717, 1.165) is 28.5 Å². The van der Waals surface area contributed by atoms with Gasteiger partial charge in [-0.2, -0.15) is 0 Å². The molecule has 0 N–H and O–H groups in total. The van der Waals surface area contributed by atoms with Crippen LogP contribution in [0.15, 0.2) is 134 Å². The molecule has 3 heterocycles. The Morgan fingerprint density at radius 2 is 1.31 bits per heavy atom. The average Bonchev–Trinajstić information content (AvgIpc) is 3.41. The average molecular weight is 512 g/mol. The Balaban J connectivity index is 1.43. The van der Waals surface area contributed by atoms with E-state index in [1.165, 1.54) is 0 Å². The van der Waals surface area contributed by atoms with Crippen LogP contribution in [0.25, 0.3) is 11.4 Å². The topological polar surface area (TPSA) is 65.3 Å². The molecule has 0 aliphatic heterocycles. The number of anilines is 3. The number of nitrogens with zero attached hydrogens (tertiary/aromatic N) is 5. The molecule has 7 heteroatoms. The number of aryl methyl sites for hydroxylation is 1. The Kier molecular flexibility index (Phi) is 6.69. The van der Waals surface area contributed by atoms with Crippen molar-refractivity contribution in [3.05, 3.63) is 134 Å². The van der Waals surface area contributed by atoms with Crippen molar-refractivity contribution in [3.8, 4) is 34.5 Å². The molecule has 0 saturated heterocycles. The Morgan fingerprint density at radius 3 is 1.95 bits per heavy atom. The minimum absolute atomic E-state index is 0.491. The molecule has 0 amide bonds. The van der Waals surface area contributed by atoms with Crippen molar-refractivity contribution >= 4 is 17.1 Å². The lowest BCUT2D eigenvalue weighted by molar-refractivity contribution is 0.449. The van der Waals surface area contributed by atoms with E-state index in [9.17, 15) is 0 Å². The monoisotopic (exact) mass is 511 g/mol. The third kappa shape index (κ3) is 5.47. The first-order valence-corrected chi connectivity index (χ1v) is 12.5. The van der Waals surface area contributed by atoms with Crippen LogP contribution in [0.2, 0.25) is 0 Å². The highest BCUT2D eigenvalue weighted by Crippen LogP contribution is 2.40. The number of benzene rings is 3. The fourth-order valence-corrected chi connectivity index (χ4v) is 4.31. The first kappa shape index (κ1) is 23.9. The molecule has 0 aliphatic carbocycles. The van der Waals surface area contributed by atoms with Crippen LogP contribution in [0.3, 0.4) is 0 Å². The maximum Gasteiger partial charge on any atom is 0.219 e. The second-order valence-electron chi connectivity index (χ2n) is 8.81. The van der Waals surface area contributed by atoms with E-state index < -0.39 is 0 Å². The fourth-order valence-electron chi connectivity index (χ4n) is 4.31. The van der Waals surface area contributed by atoms with Crippen molar-refractivity contribution in [2.24, 2.45) is 7.05 Å². The van der Waals surface area contributed by atoms with E-state index in [0.29, 0.717) is 23.1 Å². The highest BCUT2D eigenvalue weighted by Gasteiger charge is 2.16. The molecule has 0 fully saturated rings. The second-order valence-corrected chi connectivity index (χ2v) is 8.81. The number of imidazole rings is 1. The van der Waals surface area contributed by atoms with E-state index in [-0.39, 0.29) is 0 Å². The summed E-state index contributed by atoms with van der Waals surface area (Å²) < 4.78 is 14.5. The maximum atomic E-state index is 6.37.